The van der Waals surface area contributed by atoms with Crippen LogP contribution in [0.2, 0.25) is 0 Å². The molecule has 4 fully saturated rings. The summed E-state index contributed by atoms with van der Waals surface area (Å²) in [5, 5.41) is 24.1. The number of hydrogen-bond donors (Lipinski definition) is 2. The Balaban J connectivity index is 1.43. The highest BCUT2D eigenvalue weighted by atomic mass is 32.2. The number of likely N-dealkylation sites (N-methyl/N-ethyl adjacent to an activating group) is 2. The van der Waals surface area contributed by atoms with Crippen molar-refractivity contribution < 1.29 is 90.0 Å². The van der Waals surface area contributed by atoms with E-state index >= 15 is 0 Å². The second-order valence-electron chi connectivity index (χ2n) is 21.5. The van der Waals surface area contributed by atoms with Gasteiger partial charge in [0.05, 0.1) is 55.0 Å². The molecule has 4 saturated heterocycles. The lowest BCUT2D eigenvalue weighted by Gasteiger charge is -2.50. The van der Waals surface area contributed by atoms with Crippen LogP contribution in [0.25, 0.3) is 6.08 Å². The molecule has 4 aliphatic heterocycles. The first-order chi connectivity index (χ1) is 36.9. The SMILES string of the molecule is CCC(=O)O[C@@H]1CC(=O)O[C@@H](C/C=C/c2ccc(S(=O)(=O)N3CCOCC3)cc2)CCCN(C)C[C@H](O)[C@H](C)C[C@H](CC=O)[C@H](O[C@@H]2OC(C)[C@H](O[C@H]3CC(C)(OC(C)=O)[C@@H](OC(=O)CC)C(C)O3)C(N(C)C)C2O)[C@H]1OC. The third-order valence-electron chi connectivity index (χ3n) is 15.0. The molecular weight excluding hydrogens is 1040 g/mol. The first kappa shape index (κ1) is 64.8. The summed E-state index contributed by atoms with van der Waals surface area (Å²) in [4.78, 5) is 69.0. The summed E-state index contributed by atoms with van der Waals surface area (Å²) in [6.45, 7) is 13.5. The number of rotatable bonds is 18. The maximum atomic E-state index is 14.2. The molecule has 0 bridgehead atoms. The molecule has 0 radical (unpaired) electrons. The van der Waals surface area contributed by atoms with E-state index in [1.165, 1.54) is 18.3 Å². The van der Waals surface area contributed by atoms with Crippen molar-refractivity contribution in [2.45, 2.75) is 196 Å². The molecule has 1 aromatic rings. The summed E-state index contributed by atoms with van der Waals surface area (Å²) in [5.41, 5.74) is -0.619. The average Bonchev–Trinajstić information content (AvgIpc) is 3.45. The Morgan fingerprint density at radius 2 is 1.58 bits per heavy atom. The van der Waals surface area contributed by atoms with Gasteiger partial charge in [0, 0.05) is 65.8 Å². The van der Waals surface area contributed by atoms with Crippen LogP contribution in [-0.4, -0.2) is 216 Å². The van der Waals surface area contributed by atoms with Gasteiger partial charge in [0.25, 0.3) is 0 Å². The maximum Gasteiger partial charge on any atom is 0.309 e. The van der Waals surface area contributed by atoms with Crippen molar-refractivity contribution in [1.82, 2.24) is 14.1 Å². The van der Waals surface area contributed by atoms with Crippen molar-refractivity contribution in [1.29, 1.82) is 0 Å². The predicted octanol–water partition coefficient (Wildman–Crippen LogP) is 3.65. The minimum Gasteiger partial charge on any atom is -0.462 e. The molecule has 0 aliphatic carbocycles. The van der Waals surface area contributed by atoms with E-state index in [1.54, 1.807) is 77.9 Å². The zero-order chi connectivity index (χ0) is 57.5. The fourth-order valence-corrected chi connectivity index (χ4v) is 12.3. The second-order valence-corrected chi connectivity index (χ2v) is 23.4. The van der Waals surface area contributed by atoms with E-state index in [0.29, 0.717) is 38.9 Å². The lowest BCUT2D eigenvalue weighted by atomic mass is 9.82. The van der Waals surface area contributed by atoms with E-state index < -0.39 is 137 Å². The maximum absolute atomic E-state index is 14.2. The van der Waals surface area contributed by atoms with E-state index in [1.807, 2.05) is 31.0 Å². The molecule has 1 aromatic carbocycles. The molecule has 442 valence electrons. The number of carbonyl (C=O) groups is 5. The van der Waals surface area contributed by atoms with Crippen LogP contribution in [0.3, 0.4) is 0 Å². The quantitative estimate of drug-likeness (QED) is 0.121. The summed E-state index contributed by atoms with van der Waals surface area (Å²) in [5.74, 6) is -3.64. The second kappa shape index (κ2) is 30.2. The van der Waals surface area contributed by atoms with E-state index in [2.05, 4.69) is 0 Å². The summed E-state index contributed by atoms with van der Waals surface area (Å²) in [6.07, 6.45) is -7.50. The molecular formula is C55H87N3O19S. The van der Waals surface area contributed by atoms with Gasteiger partial charge in [0.2, 0.25) is 10.0 Å². The molecule has 5 unspecified atom stereocenters. The zero-order valence-corrected chi connectivity index (χ0v) is 48.2. The molecule has 78 heavy (non-hydrogen) atoms. The number of carbonyl (C=O) groups excluding carboxylic acids is 5. The molecule has 16 atom stereocenters. The number of hydrogen-bond acceptors (Lipinski definition) is 21. The van der Waals surface area contributed by atoms with Crippen LogP contribution in [0.15, 0.2) is 35.2 Å². The molecule has 23 heteroatoms. The smallest absolute Gasteiger partial charge is 0.309 e. The van der Waals surface area contributed by atoms with Crippen molar-refractivity contribution in [3.05, 3.63) is 35.9 Å². The lowest BCUT2D eigenvalue weighted by Crippen LogP contribution is -2.66. The zero-order valence-electron chi connectivity index (χ0n) is 47.4. The van der Waals surface area contributed by atoms with Crippen molar-refractivity contribution in [2.24, 2.45) is 11.8 Å². The standard InChI is InChI=1S/C55H87N3O19S/c1-12-44(62)73-43-31-46(64)72-40(17-14-16-38-19-21-41(22-20-38)78(66,67)58-25-28-69-29-26-58)18-15-24-57(10)33-42(61)34(3)30-39(23-27-59)51(52(43)68-11)76-54-49(65)48(56(8)9)50(35(4)71-54)75-47-32-55(7,77-37(6)60)53(36(5)70-47)74-45(63)13-2/h14,16,19-22,27,34-36,39-40,42-43,47-54,61,65H,12-13,15,17-18,23-26,28-33H2,1-11H3/b16-14+/t34-,35?,36?,39+,40+,42+,43-,47+,48?,49?,50+,51+,52+,53+,54+,55?/m1/s1. The molecule has 0 spiro atoms. The normalized spacial score (nSPS) is 34.7. The predicted molar refractivity (Wildman–Crippen MR) is 283 cm³/mol. The Morgan fingerprint density at radius 3 is 2.19 bits per heavy atom. The number of ether oxygens (including phenoxy) is 10. The number of aliphatic hydroxyl groups is 2. The van der Waals surface area contributed by atoms with Crippen LogP contribution < -0.4 is 0 Å². The number of β-amino-alcohol motifs (C(OH)–C–C–N with tert-alkyl or cyclic N) is 1. The number of methoxy groups -OCH3 is 1. The number of sulfonamides is 1. The highest BCUT2D eigenvalue weighted by Gasteiger charge is 2.54. The van der Waals surface area contributed by atoms with Crippen molar-refractivity contribution in [3.8, 4) is 0 Å². The minimum atomic E-state index is -3.69. The van der Waals surface area contributed by atoms with Gasteiger partial charge in [-0.25, -0.2) is 8.42 Å². The fourth-order valence-electron chi connectivity index (χ4n) is 10.9. The Hall–Kier alpha value is -3.98. The molecule has 22 nitrogen and oxygen atoms in total. The molecule has 5 rings (SSSR count). The van der Waals surface area contributed by atoms with Gasteiger partial charge in [-0.1, -0.05) is 45.1 Å². The Bertz CT molecular complexity index is 2230. The summed E-state index contributed by atoms with van der Waals surface area (Å²) >= 11 is 0. The van der Waals surface area contributed by atoms with Gasteiger partial charge in [-0.3, -0.25) is 19.2 Å². The minimum absolute atomic E-state index is 0.0406. The van der Waals surface area contributed by atoms with Crippen molar-refractivity contribution in [2.75, 3.05) is 67.6 Å². The van der Waals surface area contributed by atoms with Crippen LogP contribution in [-0.2, 0) is 81.4 Å². The topological polar surface area (TPSA) is 262 Å². The van der Waals surface area contributed by atoms with Gasteiger partial charge < -0.3 is 72.2 Å². The summed E-state index contributed by atoms with van der Waals surface area (Å²) in [7, 11) is 3.03. The number of aliphatic hydroxyl groups excluding tert-OH is 2. The monoisotopic (exact) mass is 1130 g/mol. The number of cyclic esters (lactones) is 1. The highest BCUT2D eigenvalue weighted by Crippen LogP contribution is 2.39. The first-order valence-electron chi connectivity index (χ1n) is 27.4. The number of morpholine rings is 1. The van der Waals surface area contributed by atoms with Crippen LogP contribution >= 0.6 is 0 Å². The van der Waals surface area contributed by atoms with Gasteiger partial charge in [-0.05, 0) is 97.3 Å². The Labute approximate surface area is 460 Å². The molecule has 0 aromatic heterocycles. The summed E-state index contributed by atoms with van der Waals surface area (Å²) in [6, 6.07) is 5.66. The van der Waals surface area contributed by atoms with Crippen molar-refractivity contribution in [3.63, 3.8) is 0 Å². The van der Waals surface area contributed by atoms with E-state index in [0.717, 1.165) is 5.56 Å². The van der Waals surface area contributed by atoms with Crippen LogP contribution in [0, 0.1) is 11.8 Å². The van der Waals surface area contributed by atoms with Gasteiger partial charge in [0.1, 0.15) is 36.8 Å². The van der Waals surface area contributed by atoms with Gasteiger partial charge >= 0.3 is 23.9 Å². The van der Waals surface area contributed by atoms with Gasteiger partial charge in [-0.15, -0.1) is 0 Å². The molecule has 0 amide bonds. The molecule has 0 saturated carbocycles. The van der Waals surface area contributed by atoms with E-state index in [9.17, 15) is 42.6 Å². The fraction of sp³-hybridized carbons (Fsp3) is 0.764. The Kier molecular flexibility index (Phi) is 25.1. The number of esters is 4. The van der Waals surface area contributed by atoms with Crippen LogP contribution in [0.1, 0.15) is 112 Å². The Morgan fingerprint density at radius 1 is 0.910 bits per heavy atom. The van der Waals surface area contributed by atoms with E-state index in [-0.39, 0.29) is 63.1 Å². The number of aldehydes is 1. The van der Waals surface area contributed by atoms with Crippen molar-refractivity contribution >= 4 is 46.3 Å². The number of nitrogens with zero attached hydrogens (tertiary/aromatic N) is 3. The largest absolute Gasteiger partial charge is 0.462 e. The summed E-state index contributed by atoms with van der Waals surface area (Å²) < 4.78 is 89.2. The van der Waals surface area contributed by atoms with Crippen LogP contribution in [0.4, 0.5) is 0 Å². The number of benzene rings is 1. The lowest BCUT2D eigenvalue weighted by molar-refractivity contribution is -0.344. The molecule has 4 aliphatic rings. The average molecular weight is 1130 g/mol. The van der Waals surface area contributed by atoms with E-state index in [4.69, 9.17) is 47.4 Å². The molecule has 2 N–H and O–H groups in total. The van der Waals surface area contributed by atoms with Gasteiger partial charge in [-0.2, -0.15) is 4.31 Å². The highest BCUT2D eigenvalue weighted by molar-refractivity contribution is 7.89. The third-order valence-corrected chi connectivity index (χ3v) is 16.9. The first-order valence-corrected chi connectivity index (χ1v) is 28.8. The van der Waals surface area contributed by atoms with Crippen LogP contribution in [0.5, 0.6) is 0 Å². The van der Waals surface area contributed by atoms with Gasteiger partial charge in [0.15, 0.2) is 24.3 Å². The molecule has 4 heterocycles. The third kappa shape index (κ3) is 17.8.